The lowest BCUT2D eigenvalue weighted by atomic mass is 10.2. The third kappa shape index (κ3) is 1.89. The van der Waals surface area contributed by atoms with Crippen LogP contribution < -0.4 is 4.43 Å². The van der Waals surface area contributed by atoms with Crippen LogP contribution in [0.5, 0.6) is 5.75 Å². The molecule has 1 aromatic heterocycles. The number of nitrogens with zero attached hydrogens (tertiary/aromatic N) is 3. The zero-order valence-electron chi connectivity index (χ0n) is 9.58. The van der Waals surface area contributed by atoms with E-state index in [-0.39, 0.29) is 0 Å². The van der Waals surface area contributed by atoms with E-state index in [1.165, 1.54) is 0 Å². The van der Waals surface area contributed by atoms with Crippen molar-refractivity contribution in [3.05, 3.63) is 54.1 Å². The van der Waals surface area contributed by atoms with Gasteiger partial charge in [-0.1, -0.05) is 35.5 Å². The summed E-state index contributed by atoms with van der Waals surface area (Å²) in [5, 5.41) is 8.29. The van der Waals surface area contributed by atoms with E-state index in [2.05, 4.69) is 20.8 Å². The van der Waals surface area contributed by atoms with Gasteiger partial charge in [-0.25, -0.2) is 4.68 Å². The fourth-order valence-electron chi connectivity index (χ4n) is 1.93. The molecule has 18 heavy (non-hydrogen) atoms. The summed E-state index contributed by atoms with van der Waals surface area (Å²) < 4.78 is 7.01. The van der Waals surface area contributed by atoms with Crippen molar-refractivity contribution < 1.29 is 4.43 Å². The van der Waals surface area contributed by atoms with E-state index < -0.39 is 0 Å². The molecule has 0 N–H and O–H groups in total. The molecule has 2 aromatic carbocycles. The Morgan fingerprint density at radius 3 is 2.72 bits per heavy atom. The molecule has 1 heterocycles. The second-order valence-corrected chi connectivity index (χ2v) is 4.15. The summed E-state index contributed by atoms with van der Waals surface area (Å²) in [7, 11) is 3.07. The summed E-state index contributed by atoms with van der Waals surface area (Å²) in [4.78, 5) is 0. The highest BCUT2D eigenvalue weighted by atomic mass is 28.2. The fourth-order valence-corrected chi connectivity index (χ4v) is 2.13. The summed E-state index contributed by atoms with van der Waals surface area (Å²) in [5.74, 6) is 0.786. The predicted molar refractivity (Wildman–Crippen MR) is 69.5 cm³/mol. The van der Waals surface area contributed by atoms with Gasteiger partial charge in [0.05, 0.1) is 12.1 Å². The number of aromatic nitrogens is 3. The van der Waals surface area contributed by atoms with Crippen molar-refractivity contribution in [1.29, 1.82) is 0 Å². The molecule has 0 aliphatic heterocycles. The van der Waals surface area contributed by atoms with Crippen LogP contribution in [0.3, 0.4) is 0 Å². The first-order valence-corrected chi connectivity index (χ1v) is 5.99. The SMILES string of the molecule is [Si]Oc1ccccc1Cn1nnc2ccccc21. The van der Waals surface area contributed by atoms with Crippen LogP contribution in [0.2, 0.25) is 0 Å². The fraction of sp³-hybridized carbons (Fsp3) is 0.0769. The number of fused-ring (bicyclic) bond motifs is 1. The van der Waals surface area contributed by atoms with Gasteiger partial charge in [-0.2, -0.15) is 0 Å². The molecule has 0 aliphatic carbocycles. The van der Waals surface area contributed by atoms with Gasteiger partial charge in [0.25, 0.3) is 0 Å². The Morgan fingerprint density at radius 1 is 1.06 bits per heavy atom. The van der Waals surface area contributed by atoms with Crippen LogP contribution in [0.15, 0.2) is 48.5 Å². The first kappa shape index (κ1) is 11.0. The molecule has 0 spiro atoms. The molecule has 0 unspecified atom stereocenters. The molecule has 87 valence electrons. The normalized spacial score (nSPS) is 10.7. The zero-order valence-corrected chi connectivity index (χ0v) is 10.6. The monoisotopic (exact) mass is 252 g/mol. The molecule has 0 saturated heterocycles. The molecule has 5 heteroatoms. The van der Waals surface area contributed by atoms with Gasteiger partial charge in [0.2, 0.25) is 0 Å². The summed E-state index contributed by atoms with van der Waals surface area (Å²) in [5.41, 5.74) is 2.96. The Hall–Kier alpha value is -2.14. The molecule has 3 rings (SSSR count). The van der Waals surface area contributed by atoms with Crippen LogP contribution in [0.25, 0.3) is 11.0 Å². The molecule has 4 nitrogen and oxygen atoms in total. The Morgan fingerprint density at radius 2 is 1.83 bits per heavy atom. The summed E-state index contributed by atoms with van der Waals surface area (Å²) in [6.45, 7) is 0.626. The van der Waals surface area contributed by atoms with Gasteiger partial charge in [0.1, 0.15) is 11.3 Å². The number of hydrogen-bond donors (Lipinski definition) is 0. The van der Waals surface area contributed by atoms with Crippen LogP contribution in [-0.2, 0) is 6.54 Å². The van der Waals surface area contributed by atoms with Crippen LogP contribution in [-0.4, -0.2) is 25.5 Å². The minimum absolute atomic E-state index is 0.626. The molecule has 0 aliphatic rings. The Labute approximate surface area is 108 Å². The highest BCUT2D eigenvalue weighted by Gasteiger charge is 2.07. The van der Waals surface area contributed by atoms with Crippen molar-refractivity contribution in [2.75, 3.05) is 0 Å². The van der Waals surface area contributed by atoms with Gasteiger partial charge < -0.3 is 4.43 Å². The third-order valence-electron chi connectivity index (χ3n) is 2.82. The van der Waals surface area contributed by atoms with Crippen molar-refractivity contribution in [1.82, 2.24) is 15.0 Å². The minimum Gasteiger partial charge on any atom is -0.540 e. The van der Waals surface area contributed by atoms with Crippen molar-refractivity contribution in [3.8, 4) is 5.75 Å². The summed E-state index contributed by atoms with van der Waals surface area (Å²) in [6.07, 6.45) is 0. The molecule has 3 radical (unpaired) electrons. The number of rotatable bonds is 3. The van der Waals surface area contributed by atoms with E-state index in [0.717, 1.165) is 22.3 Å². The van der Waals surface area contributed by atoms with E-state index >= 15 is 0 Å². The molecule has 0 bridgehead atoms. The minimum atomic E-state index is 0.626. The van der Waals surface area contributed by atoms with Crippen molar-refractivity contribution in [2.45, 2.75) is 6.54 Å². The maximum Gasteiger partial charge on any atom is 0.341 e. The smallest absolute Gasteiger partial charge is 0.341 e. The molecular weight excluding hydrogens is 242 g/mol. The topological polar surface area (TPSA) is 39.9 Å². The lowest BCUT2D eigenvalue weighted by Crippen LogP contribution is -2.03. The molecule has 3 aromatic rings. The average molecular weight is 252 g/mol. The Bertz CT molecular complexity index is 681. The number of hydrogen-bond acceptors (Lipinski definition) is 3. The first-order valence-electron chi connectivity index (χ1n) is 5.58. The van der Waals surface area contributed by atoms with E-state index in [1.54, 1.807) is 0 Å². The molecule has 0 saturated carbocycles. The van der Waals surface area contributed by atoms with E-state index in [1.807, 2.05) is 53.2 Å². The lowest BCUT2D eigenvalue weighted by molar-refractivity contribution is 0.587. The third-order valence-corrected chi connectivity index (χ3v) is 3.04. The second kappa shape index (κ2) is 4.62. The van der Waals surface area contributed by atoms with Gasteiger partial charge in [0.15, 0.2) is 0 Å². The van der Waals surface area contributed by atoms with Crippen LogP contribution >= 0.6 is 0 Å². The average Bonchev–Trinajstić information content (AvgIpc) is 2.83. The van der Waals surface area contributed by atoms with E-state index in [4.69, 9.17) is 4.43 Å². The largest absolute Gasteiger partial charge is 0.540 e. The van der Waals surface area contributed by atoms with Crippen LogP contribution in [0.4, 0.5) is 0 Å². The van der Waals surface area contributed by atoms with E-state index in [9.17, 15) is 0 Å². The van der Waals surface area contributed by atoms with Gasteiger partial charge in [0, 0.05) is 5.56 Å². The van der Waals surface area contributed by atoms with Gasteiger partial charge in [-0.3, -0.25) is 0 Å². The van der Waals surface area contributed by atoms with Gasteiger partial charge in [-0.15, -0.1) is 5.10 Å². The van der Waals surface area contributed by atoms with Gasteiger partial charge in [-0.05, 0) is 18.2 Å². The maximum absolute atomic E-state index is 5.15. The maximum atomic E-state index is 5.15. The predicted octanol–water partition coefficient (Wildman–Crippen LogP) is 1.94. The number of benzene rings is 2. The van der Waals surface area contributed by atoms with E-state index in [0.29, 0.717) is 6.54 Å². The van der Waals surface area contributed by atoms with Crippen LogP contribution in [0.1, 0.15) is 5.56 Å². The molecular formula is C13H10N3OSi. The van der Waals surface area contributed by atoms with Crippen LogP contribution in [0, 0.1) is 0 Å². The van der Waals surface area contributed by atoms with Gasteiger partial charge >= 0.3 is 10.5 Å². The number of para-hydroxylation sites is 2. The highest BCUT2D eigenvalue weighted by Crippen LogP contribution is 2.19. The summed E-state index contributed by atoms with van der Waals surface area (Å²) >= 11 is 0. The second-order valence-electron chi connectivity index (χ2n) is 3.95. The quantitative estimate of drug-likeness (QED) is 0.669. The Kier molecular flexibility index (Phi) is 2.82. The lowest BCUT2D eigenvalue weighted by Gasteiger charge is -2.08. The van der Waals surface area contributed by atoms with Crippen molar-refractivity contribution in [3.63, 3.8) is 0 Å². The zero-order chi connectivity index (χ0) is 12.4. The Balaban J connectivity index is 2.01. The first-order chi connectivity index (χ1) is 8.88. The van der Waals surface area contributed by atoms with Crippen molar-refractivity contribution in [2.24, 2.45) is 0 Å². The molecule has 0 amide bonds. The highest BCUT2D eigenvalue weighted by molar-refractivity contribution is 6.00. The molecule has 0 atom stereocenters. The molecule has 0 fully saturated rings. The summed E-state index contributed by atoms with van der Waals surface area (Å²) in [6, 6.07) is 15.7. The standard InChI is InChI=1S/C13H10N3OSi/c18-17-13-8-4-1-5-10(13)9-16-12-7-3-2-6-11(12)14-15-16/h1-8H,9H2. The van der Waals surface area contributed by atoms with Crippen molar-refractivity contribution >= 4 is 21.5 Å².